The molecule has 0 aromatic carbocycles. The second-order valence-corrected chi connectivity index (χ2v) is 3.32. The maximum atomic E-state index is 10.9. The highest BCUT2D eigenvalue weighted by Crippen LogP contribution is 2.22. The Hall–Kier alpha value is -1.32. The smallest absolute Gasteiger partial charge is 0.330 e. The van der Waals surface area contributed by atoms with Crippen molar-refractivity contribution in [1.29, 1.82) is 0 Å². The molecule has 4 nitrogen and oxygen atoms in total. The van der Waals surface area contributed by atoms with E-state index in [-0.39, 0.29) is 6.42 Å². The highest BCUT2D eigenvalue weighted by atomic mass is 16.6. The Morgan fingerprint density at radius 2 is 2.14 bits per heavy atom. The van der Waals surface area contributed by atoms with Gasteiger partial charge in [-0.05, 0) is 19.8 Å². The lowest BCUT2D eigenvalue weighted by molar-refractivity contribution is -0.155. The maximum absolute atomic E-state index is 10.9. The van der Waals surface area contributed by atoms with Crippen molar-refractivity contribution >= 4 is 11.9 Å². The Bertz CT molecular complexity index is 234. The van der Waals surface area contributed by atoms with Gasteiger partial charge in [-0.3, -0.25) is 4.79 Å². The summed E-state index contributed by atoms with van der Waals surface area (Å²) in [5, 5.41) is 8.50. The third kappa shape index (κ3) is 4.64. The summed E-state index contributed by atoms with van der Waals surface area (Å²) in [5.74, 6) is -1.40. The fourth-order valence-electron chi connectivity index (χ4n) is 0.956. The van der Waals surface area contributed by atoms with Crippen LogP contribution < -0.4 is 0 Å². The van der Waals surface area contributed by atoms with E-state index in [1.54, 1.807) is 6.92 Å². The predicted octanol–water partition coefficient (Wildman–Crippen LogP) is 1.75. The van der Waals surface area contributed by atoms with Crippen molar-refractivity contribution in [3.8, 4) is 0 Å². The number of carbonyl (C=O) groups is 2. The Morgan fingerprint density at radius 3 is 2.50 bits per heavy atom. The van der Waals surface area contributed by atoms with Crippen LogP contribution in [-0.4, -0.2) is 22.6 Å². The minimum Gasteiger partial charge on any atom is -0.481 e. The van der Waals surface area contributed by atoms with Gasteiger partial charge < -0.3 is 9.84 Å². The molecule has 0 heterocycles. The average molecular weight is 200 g/mol. The highest BCUT2D eigenvalue weighted by molar-refractivity contribution is 5.81. The van der Waals surface area contributed by atoms with E-state index in [9.17, 15) is 9.59 Å². The molecule has 0 radical (unpaired) electrons. The van der Waals surface area contributed by atoms with Crippen molar-refractivity contribution in [2.24, 2.45) is 0 Å². The fraction of sp³-hybridized carbons (Fsp3) is 0.600. The summed E-state index contributed by atoms with van der Waals surface area (Å²) in [6, 6.07) is 0. The number of rotatable bonds is 6. The first kappa shape index (κ1) is 12.7. The van der Waals surface area contributed by atoms with Crippen molar-refractivity contribution in [2.75, 3.05) is 0 Å². The van der Waals surface area contributed by atoms with Crippen LogP contribution in [-0.2, 0) is 14.3 Å². The minimum absolute atomic E-state index is 0.00520. The molecule has 0 rings (SSSR count). The molecule has 0 amide bonds. The first-order valence-electron chi connectivity index (χ1n) is 4.50. The second-order valence-electron chi connectivity index (χ2n) is 3.32. The van der Waals surface area contributed by atoms with Gasteiger partial charge in [0.25, 0.3) is 0 Å². The summed E-state index contributed by atoms with van der Waals surface area (Å²) < 4.78 is 5.07. The molecule has 1 N–H and O–H groups in total. The van der Waals surface area contributed by atoms with Crippen molar-refractivity contribution in [3.63, 3.8) is 0 Å². The van der Waals surface area contributed by atoms with Crippen LogP contribution in [0.2, 0.25) is 0 Å². The van der Waals surface area contributed by atoms with Gasteiger partial charge in [0.1, 0.15) is 5.60 Å². The van der Waals surface area contributed by atoms with Crippen molar-refractivity contribution in [2.45, 2.75) is 38.7 Å². The zero-order valence-corrected chi connectivity index (χ0v) is 8.58. The van der Waals surface area contributed by atoms with E-state index in [2.05, 4.69) is 6.58 Å². The summed E-state index contributed by atoms with van der Waals surface area (Å²) in [5.41, 5.74) is -0.705. The van der Waals surface area contributed by atoms with E-state index >= 15 is 0 Å². The Balaban J connectivity index is 4.23. The summed E-state index contributed by atoms with van der Waals surface area (Å²) in [6.45, 7) is 6.85. The Labute approximate surface area is 83.6 Å². The molecule has 1 atom stereocenters. The van der Waals surface area contributed by atoms with Gasteiger partial charge >= 0.3 is 11.9 Å². The molecular weight excluding hydrogens is 184 g/mol. The van der Waals surface area contributed by atoms with Gasteiger partial charge in [-0.15, -0.1) is 0 Å². The van der Waals surface area contributed by atoms with E-state index in [4.69, 9.17) is 9.84 Å². The first-order valence-corrected chi connectivity index (χ1v) is 4.50. The van der Waals surface area contributed by atoms with Crippen LogP contribution in [0, 0.1) is 0 Å². The zero-order valence-electron chi connectivity index (χ0n) is 8.58. The lowest BCUT2D eigenvalue weighted by atomic mass is 9.97. The van der Waals surface area contributed by atoms with E-state index in [1.165, 1.54) is 0 Å². The molecule has 0 bridgehead atoms. The molecule has 0 fully saturated rings. The molecule has 0 saturated carbocycles. The molecule has 0 aliphatic carbocycles. The largest absolute Gasteiger partial charge is 0.481 e. The molecule has 80 valence electrons. The SMILES string of the molecule is C=CC(=O)OC(C)(CC)CCC(=O)O. The van der Waals surface area contributed by atoms with Gasteiger partial charge in [0, 0.05) is 12.5 Å². The Kier molecular flexibility index (Phi) is 4.91. The zero-order chi connectivity index (χ0) is 11.2. The van der Waals surface area contributed by atoms with E-state index < -0.39 is 17.5 Å². The number of hydrogen-bond acceptors (Lipinski definition) is 3. The Morgan fingerprint density at radius 1 is 1.57 bits per heavy atom. The number of ether oxygens (including phenoxy) is 1. The lowest BCUT2D eigenvalue weighted by Crippen LogP contribution is -2.31. The monoisotopic (exact) mass is 200 g/mol. The second kappa shape index (κ2) is 5.42. The van der Waals surface area contributed by atoms with Crippen LogP contribution in [0.1, 0.15) is 33.1 Å². The maximum Gasteiger partial charge on any atom is 0.330 e. The topological polar surface area (TPSA) is 63.6 Å². The van der Waals surface area contributed by atoms with Crippen LogP contribution >= 0.6 is 0 Å². The van der Waals surface area contributed by atoms with Crippen LogP contribution in [0.25, 0.3) is 0 Å². The van der Waals surface area contributed by atoms with Crippen LogP contribution in [0.4, 0.5) is 0 Å². The molecule has 0 aliphatic heterocycles. The lowest BCUT2D eigenvalue weighted by Gasteiger charge is -2.27. The summed E-state index contributed by atoms with van der Waals surface area (Å²) in [6.07, 6.45) is 1.97. The molecule has 1 unspecified atom stereocenters. The summed E-state index contributed by atoms with van der Waals surface area (Å²) in [4.78, 5) is 21.3. The van der Waals surface area contributed by atoms with Crippen LogP contribution in [0.5, 0.6) is 0 Å². The van der Waals surface area contributed by atoms with E-state index in [1.807, 2.05) is 6.92 Å². The van der Waals surface area contributed by atoms with Gasteiger partial charge in [0.05, 0.1) is 0 Å². The van der Waals surface area contributed by atoms with Crippen LogP contribution in [0.3, 0.4) is 0 Å². The van der Waals surface area contributed by atoms with Crippen molar-refractivity contribution in [3.05, 3.63) is 12.7 Å². The van der Waals surface area contributed by atoms with Gasteiger partial charge in [-0.25, -0.2) is 4.79 Å². The standard InChI is InChI=1S/C10H16O4/c1-4-9(13)14-10(3,5-2)7-6-8(11)12/h4H,1,5-7H2,2-3H3,(H,11,12). The third-order valence-corrected chi connectivity index (χ3v) is 2.13. The number of carboxylic acid groups (broad SMARTS) is 1. The number of carbonyl (C=O) groups excluding carboxylic acids is 1. The minimum atomic E-state index is -0.890. The first-order chi connectivity index (χ1) is 6.43. The molecule has 0 spiro atoms. The fourth-order valence-corrected chi connectivity index (χ4v) is 0.956. The number of esters is 1. The van der Waals surface area contributed by atoms with Gasteiger partial charge in [-0.2, -0.15) is 0 Å². The average Bonchev–Trinajstić information content (AvgIpc) is 2.14. The normalized spacial score (nSPS) is 14.1. The van der Waals surface area contributed by atoms with Crippen LogP contribution in [0.15, 0.2) is 12.7 Å². The van der Waals surface area contributed by atoms with Gasteiger partial charge in [0.2, 0.25) is 0 Å². The van der Waals surface area contributed by atoms with Gasteiger partial charge in [0.15, 0.2) is 0 Å². The van der Waals surface area contributed by atoms with Gasteiger partial charge in [-0.1, -0.05) is 13.5 Å². The summed E-state index contributed by atoms with van der Waals surface area (Å²) in [7, 11) is 0. The molecule has 4 heteroatoms. The predicted molar refractivity (Wildman–Crippen MR) is 51.9 cm³/mol. The quantitative estimate of drug-likeness (QED) is 0.524. The number of hydrogen-bond donors (Lipinski definition) is 1. The van der Waals surface area contributed by atoms with Crippen molar-refractivity contribution in [1.82, 2.24) is 0 Å². The molecule has 0 saturated heterocycles. The number of aliphatic carboxylic acids is 1. The van der Waals surface area contributed by atoms with E-state index in [0.717, 1.165) is 6.08 Å². The number of carboxylic acids is 1. The van der Waals surface area contributed by atoms with Crippen molar-refractivity contribution < 1.29 is 19.4 Å². The highest BCUT2D eigenvalue weighted by Gasteiger charge is 2.26. The summed E-state index contributed by atoms with van der Waals surface area (Å²) >= 11 is 0. The molecular formula is C10H16O4. The molecule has 0 aromatic rings. The molecule has 0 aliphatic rings. The molecule has 14 heavy (non-hydrogen) atoms. The van der Waals surface area contributed by atoms with E-state index in [0.29, 0.717) is 12.8 Å². The third-order valence-electron chi connectivity index (χ3n) is 2.13. The molecule has 0 aromatic heterocycles.